The Balaban J connectivity index is 1.89. The molecule has 166 valence electrons. The van der Waals surface area contributed by atoms with Gasteiger partial charge in [-0.15, -0.1) is 0 Å². The van der Waals surface area contributed by atoms with Crippen LogP contribution in [0, 0.1) is 5.82 Å². The van der Waals surface area contributed by atoms with Crippen molar-refractivity contribution in [2.45, 2.75) is 12.7 Å². The van der Waals surface area contributed by atoms with Crippen LogP contribution in [0.15, 0.2) is 63.9 Å². The van der Waals surface area contributed by atoms with Crippen LogP contribution in [-0.2, 0) is 12.7 Å². The lowest BCUT2D eigenvalue weighted by molar-refractivity contribution is -0.137. The van der Waals surface area contributed by atoms with E-state index in [1.54, 1.807) is 12.1 Å². The first-order valence-electron chi connectivity index (χ1n) is 9.64. The molecule has 3 heterocycles. The van der Waals surface area contributed by atoms with Gasteiger partial charge in [0.1, 0.15) is 11.3 Å². The summed E-state index contributed by atoms with van der Waals surface area (Å²) in [6, 6.07) is 9.70. The molecule has 0 aliphatic heterocycles. The minimum absolute atomic E-state index is 0.0238. The Morgan fingerprint density at radius 2 is 1.88 bits per heavy atom. The number of nitrogens with two attached hydrogens (primary N) is 1. The summed E-state index contributed by atoms with van der Waals surface area (Å²) in [5.74, 6) is -1.45. The molecule has 33 heavy (non-hydrogen) atoms. The van der Waals surface area contributed by atoms with E-state index in [0.717, 1.165) is 18.2 Å². The lowest BCUT2D eigenvalue weighted by Crippen LogP contribution is -2.13. The highest BCUT2D eigenvalue weighted by molar-refractivity contribution is 6.18. The number of rotatable bonds is 3. The maximum Gasteiger partial charge on any atom is 0.416 e. The van der Waals surface area contributed by atoms with E-state index in [0.29, 0.717) is 5.39 Å². The van der Waals surface area contributed by atoms with Gasteiger partial charge >= 0.3 is 11.8 Å². The number of carbonyl (C=O) groups excluding carboxylic acids is 1. The highest BCUT2D eigenvalue weighted by atomic mass is 19.4. The Bertz CT molecular complexity index is 1650. The molecule has 0 aliphatic carbocycles. The largest absolute Gasteiger partial charge is 0.416 e. The Kier molecular flexibility index (Phi) is 4.48. The summed E-state index contributed by atoms with van der Waals surface area (Å²) >= 11 is 0. The molecule has 3 aromatic heterocycles. The Morgan fingerprint density at radius 3 is 2.61 bits per heavy atom. The monoisotopic (exact) mass is 455 g/mol. The fourth-order valence-corrected chi connectivity index (χ4v) is 4.00. The summed E-state index contributed by atoms with van der Waals surface area (Å²) in [7, 11) is 0. The Labute approximate surface area is 181 Å². The van der Waals surface area contributed by atoms with Crippen molar-refractivity contribution in [3.8, 4) is 0 Å². The second-order valence-electron chi connectivity index (χ2n) is 7.46. The predicted molar refractivity (Wildman–Crippen MR) is 112 cm³/mol. The first-order valence-corrected chi connectivity index (χ1v) is 9.64. The molecular formula is C23H13F4N3O3. The second-order valence-corrected chi connectivity index (χ2v) is 7.46. The number of amides is 1. The summed E-state index contributed by atoms with van der Waals surface area (Å²) in [4.78, 5) is 28.4. The number of aromatic nitrogens is 2. The van der Waals surface area contributed by atoms with E-state index >= 15 is 0 Å². The third kappa shape index (κ3) is 3.30. The van der Waals surface area contributed by atoms with Gasteiger partial charge < -0.3 is 14.7 Å². The smallest absolute Gasteiger partial charge is 0.402 e. The molecule has 5 rings (SSSR count). The van der Waals surface area contributed by atoms with Gasteiger partial charge in [0, 0.05) is 39.0 Å². The quantitative estimate of drug-likeness (QED) is 0.403. The van der Waals surface area contributed by atoms with Crippen LogP contribution in [-0.4, -0.2) is 15.5 Å². The average Bonchev–Trinajstić information content (AvgIpc) is 3.09. The molecule has 0 unspecified atom stereocenters. The van der Waals surface area contributed by atoms with Crippen LogP contribution in [0.2, 0.25) is 0 Å². The molecule has 0 saturated carbocycles. The molecule has 0 saturated heterocycles. The van der Waals surface area contributed by atoms with Crippen molar-refractivity contribution in [3.63, 3.8) is 0 Å². The molecule has 0 spiro atoms. The van der Waals surface area contributed by atoms with Crippen molar-refractivity contribution in [2.24, 2.45) is 5.73 Å². The summed E-state index contributed by atoms with van der Waals surface area (Å²) in [6.07, 6.45) is -3.22. The fourth-order valence-electron chi connectivity index (χ4n) is 4.00. The minimum Gasteiger partial charge on any atom is -0.402 e. The molecule has 2 aromatic carbocycles. The van der Waals surface area contributed by atoms with Crippen LogP contribution in [0.25, 0.3) is 32.9 Å². The Morgan fingerprint density at radius 1 is 1.09 bits per heavy atom. The van der Waals surface area contributed by atoms with Crippen LogP contribution in [0.4, 0.5) is 17.6 Å². The molecule has 10 heteroatoms. The summed E-state index contributed by atoms with van der Waals surface area (Å²) in [5, 5.41) is 0.681. The Hall–Kier alpha value is -4.21. The van der Waals surface area contributed by atoms with Gasteiger partial charge in [-0.2, -0.15) is 13.2 Å². The maximum atomic E-state index is 14.6. The van der Waals surface area contributed by atoms with Crippen molar-refractivity contribution >= 4 is 38.8 Å². The zero-order chi connectivity index (χ0) is 23.5. The van der Waals surface area contributed by atoms with Crippen molar-refractivity contribution in [1.82, 2.24) is 9.55 Å². The summed E-state index contributed by atoms with van der Waals surface area (Å²) in [5.41, 5.74) is 3.79. The van der Waals surface area contributed by atoms with Crippen molar-refractivity contribution in [2.75, 3.05) is 0 Å². The number of hydrogen-bond acceptors (Lipinski definition) is 4. The van der Waals surface area contributed by atoms with Gasteiger partial charge in [0.15, 0.2) is 0 Å². The van der Waals surface area contributed by atoms with Crippen molar-refractivity contribution in [3.05, 3.63) is 87.7 Å². The number of benzene rings is 2. The highest BCUT2D eigenvalue weighted by Gasteiger charge is 2.31. The first kappa shape index (κ1) is 20.7. The standard InChI is InChI=1S/C23H13F4N3O3/c24-16-5-3-11(20(28)31)8-12(16)10-30-17-6-4-13(23(25,26)27)9-15(17)18-14-2-1-7-29-21(14)33-22(32)19(18)30/h1-9H,10H2,(H2,28,31). The SMILES string of the molecule is NC(=O)c1ccc(F)c(Cn2c3ccc(C(F)(F)F)cc3c3c4cccnc4oc(=O)c32)c1. The van der Waals surface area contributed by atoms with E-state index in [1.807, 2.05) is 0 Å². The van der Waals surface area contributed by atoms with E-state index < -0.39 is 29.1 Å². The number of pyridine rings is 1. The minimum atomic E-state index is -4.61. The number of halogens is 4. The summed E-state index contributed by atoms with van der Waals surface area (Å²) < 4.78 is 61.6. The zero-order valence-electron chi connectivity index (χ0n) is 16.6. The molecule has 5 aromatic rings. The third-order valence-electron chi connectivity index (χ3n) is 5.47. The van der Waals surface area contributed by atoms with Crippen LogP contribution in [0.5, 0.6) is 0 Å². The molecule has 0 bridgehead atoms. The fraction of sp³-hybridized carbons (Fsp3) is 0.0870. The molecular weight excluding hydrogens is 442 g/mol. The van der Waals surface area contributed by atoms with Crippen LogP contribution in [0.3, 0.4) is 0 Å². The molecule has 0 atom stereocenters. The highest BCUT2D eigenvalue weighted by Crippen LogP contribution is 2.37. The van der Waals surface area contributed by atoms with Gasteiger partial charge in [-0.05, 0) is 48.5 Å². The summed E-state index contributed by atoms with van der Waals surface area (Å²) in [6.45, 7) is -0.255. The van der Waals surface area contributed by atoms with E-state index in [1.165, 1.54) is 29.0 Å². The molecule has 0 fully saturated rings. The molecule has 2 N–H and O–H groups in total. The average molecular weight is 455 g/mol. The molecule has 6 nitrogen and oxygen atoms in total. The number of nitrogens with zero attached hydrogens (tertiary/aromatic N) is 2. The van der Waals surface area contributed by atoms with Gasteiger partial charge in [0.2, 0.25) is 11.6 Å². The predicted octanol–water partition coefficient (Wildman–Crippen LogP) is 4.60. The lowest BCUT2D eigenvalue weighted by atomic mass is 10.1. The van der Waals surface area contributed by atoms with Crippen LogP contribution in [0.1, 0.15) is 21.5 Å². The van der Waals surface area contributed by atoms with Gasteiger partial charge in [-0.1, -0.05) is 0 Å². The number of primary amides is 1. The van der Waals surface area contributed by atoms with Gasteiger partial charge in [0.05, 0.1) is 12.1 Å². The number of fused-ring (bicyclic) bond motifs is 5. The first-order chi connectivity index (χ1) is 15.6. The number of carbonyl (C=O) groups is 1. The van der Waals surface area contributed by atoms with Gasteiger partial charge in [-0.25, -0.2) is 14.2 Å². The van der Waals surface area contributed by atoms with Crippen LogP contribution < -0.4 is 11.4 Å². The van der Waals surface area contributed by atoms with Crippen molar-refractivity contribution in [1.29, 1.82) is 0 Å². The maximum absolute atomic E-state index is 14.6. The van der Waals surface area contributed by atoms with Gasteiger partial charge in [0.25, 0.3) is 0 Å². The molecule has 0 aliphatic rings. The molecule has 1 amide bonds. The van der Waals surface area contributed by atoms with E-state index in [2.05, 4.69) is 4.98 Å². The van der Waals surface area contributed by atoms with Crippen molar-refractivity contribution < 1.29 is 26.8 Å². The number of alkyl halides is 3. The topological polar surface area (TPSA) is 91.1 Å². The molecule has 0 radical (unpaired) electrons. The third-order valence-corrected chi connectivity index (χ3v) is 5.47. The van der Waals surface area contributed by atoms with E-state index in [9.17, 15) is 27.2 Å². The normalized spacial score (nSPS) is 12.1. The zero-order valence-corrected chi connectivity index (χ0v) is 16.6. The van der Waals surface area contributed by atoms with Gasteiger partial charge in [-0.3, -0.25) is 4.79 Å². The lowest BCUT2D eigenvalue weighted by Gasteiger charge is -2.10. The second kappa shape index (κ2) is 7.16. The number of hydrogen-bond donors (Lipinski definition) is 1. The van der Waals surface area contributed by atoms with E-state index in [4.69, 9.17) is 10.2 Å². The van der Waals surface area contributed by atoms with Crippen LogP contribution >= 0.6 is 0 Å². The van der Waals surface area contributed by atoms with E-state index in [-0.39, 0.29) is 45.2 Å².